The van der Waals surface area contributed by atoms with Crippen molar-refractivity contribution in [1.29, 1.82) is 0 Å². The third-order valence-electron chi connectivity index (χ3n) is 0.789. The predicted molar refractivity (Wildman–Crippen MR) is 45.4 cm³/mol. The summed E-state index contributed by atoms with van der Waals surface area (Å²) in [5, 5.41) is 0.511. The van der Waals surface area contributed by atoms with Crippen molar-refractivity contribution in [3.63, 3.8) is 0 Å². The van der Waals surface area contributed by atoms with Crippen molar-refractivity contribution in [3.8, 4) is 0 Å². The Bertz CT molecular complexity index is 169. The SMILES string of the molecule is [CH2]c1ccc(Cl)nc1.[Cl][Zn][Cl]. The molecule has 0 spiro atoms. The molecule has 57 valence electrons. The molecule has 11 heavy (non-hydrogen) atoms. The summed E-state index contributed by atoms with van der Waals surface area (Å²) in [7, 11) is 9.90. The van der Waals surface area contributed by atoms with Gasteiger partial charge in [-0.25, -0.2) is 4.98 Å². The summed E-state index contributed by atoms with van der Waals surface area (Å²) in [6, 6.07) is 3.53. The van der Waals surface area contributed by atoms with Gasteiger partial charge in [-0.2, -0.15) is 0 Å². The number of halogens is 3. The Morgan fingerprint density at radius 3 is 2.18 bits per heavy atom. The van der Waals surface area contributed by atoms with E-state index in [2.05, 4.69) is 11.9 Å². The van der Waals surface area contributed by atoms with Crippen LogP contribution in [0, 0.1) is 6.92 Å². The molecule has 0 aliphatic rings. The Kier molecular flexibility index (Phi) is 7.73. The molecule has 0 fully saturated rings. The van der Waals surface area contributed by atoms with Crippen LogP contribution in [-0.2, 0) is 15.1 Å². The molecule has 1 radical (unpaired) electrons. The minimum absolute atomic E-state index is 0.511. The van der Waals surface area contributed by atoms with Crippen molar-refractivity contribution >= 4 is 31.0 Å². The number of nitrogens with zero attached hydrogens (tertiary/aromatic N) is 1. The Labute approximate surface area is 86.7 Å². The van der Waals surface area contributed by atoms with Gasteiger partial charge in [0.05, 0.1) is 0 Å². The summed E-state index contributed by atoms with van der Waals surface area (Å²) >= 11 is 4.54. The van der Waals surface area contributed by atoms with Crippen LogP contribution in [0.1, 0.15) is 5.56 Å². The zero-order chi connectivity index (χ0) is 8.69. The van der Waals surface area contributed by atoms with Crippen molar-refractivity contribution in [1.82, 2.24) is 4.98 Å². The second kappa shape index (κ2) is 7.30. The van der Waals surface area contributed by atoms with Crippen LogP contribution in [0.2, 0.25) is 5.15 Å². The van der Waals surface area contributed by atoms with E-state index in [0.717, 1.165) is 5.56 Å². The van der Waals surface area contributed by atoms with Gasteiger partial charge in [0.15, 0.2) is 0 Å². The van der Waals surface area contributed by atoms with Gasteiger partial charge in [0, 0.05) is 6.20 Å². The standard InChI is InChI=1S/C6H5ClN.2ClH.Zn/c1-5-2-3-6(7)8-4-5;;;/h2-4H,1H2;2*1H;/q;;;+2/p-2. The molecule has 0 amide bonds. The molecule has 0 saturated heterocycles. The van der Waals surface area contributed by atoms with E-state index in [1.54, 1.807) is 12.3 Å². The summed E-state index contributed by atoms with van der Waals surface area (Å²) in [4.78, 5) is 3.78. The van der Waals surface area contributed by atoms with Crippen molar-refractivity contribution in [3.05, 3.63) is 36.0 Å². The summed E-state index contributed by atoms with van der Waals surface area (Å²) < 4.78 is 0. The van der Waals surface area contributed by atoms with Crippen LogP contribution in [0.15, 0.2) is 18.3 Å². The van der Waals surface area contributed by atoms with Crippen molar-refractivity contribution < 1.29 is 15.1 Å². The van der Waals surface area contributed by atoms with Crippen LogP contribution in [0.5, 0.6) is 0 Å². The maximum atomic E-state index is 5.47. The molecule has 0 atom stereocenters. The van der Waals surface area contributed by atoms with E-state index < -0.39 is 15.1 Å². The first-order valence-corrected chi connectivity index (χ1v) is 10.9. The zero-order valence-corrected chi connectivity index (χ0v) is 11.0. The van der Waals surface area contributed by atoms with Gasteiger partial charge in [-0.15, -0.1) is 0 Å². The fourth-order valence-electron chi connectivity index (χ4n) is 0.406. The van der Waals surface area contributed by atoms with Gasteiger partial charge < -0.3 is 0 Å². The summed E-state index contributed by atoms with van der Waals surface area (Å²) in [6.45, 7) is 3.64. The van der Waals surface area contributed by atoms with Gasteiger partial charge in [-0.3, -0.25) is 0 Å². The Morgan fingerprint density at radius 1 is 1.36 bits per heavy atom. The topological polar surface area (TPSA) is 12.9 Å². The van der Waals surface area contributed by atoms with E-state index >= 15 is 0 Å². The van der Waals surface area contributed by atoms with E-state index in [1.807, 2.05) is 6.07 Å². The zero-order valence-electron chi connectivity index (χ0n) is 5.73. The maximum absolute atomic E-state index is 5.47. The molecule has 5 heteroatoms. The molecule has 0 saturated carbocycles. The summed E-state index contributed by atoms with van der Waals surface area (Å²) in [5.41, 5.74) is 0.884. The molecule has 1 heterocycles. The van der Waals surface area contributed by atoms with Crippen LogP contribution < -0.4 is 0 Å². The number of aromatic nitrogens is 1. The molecule has 0 aliphatic heterocycles. The molecule has 0 aromatic carbocycles. The predicted octanol–water partition coefficient (Wildman–Crippen LogP) is 3.29. The average molecular weight is 263 g/mol. The second-order valence-electron chi connectivity index (χ2n) is 1.59. The van der Waals surface area contributed by atoms with Crippen molar-refractivity contribution in [2.45, 2.75) is 0 Å². The van der Waals surface area contributed by atoms with Crippen molar-refractivity contribution in [2.75, 3.05) is 0 Å². The molecule has 1 nitrogen and oxygen atoms in total. The van der Waals surface area contributed by atoms with Crippen LogP contribution >= 0.6 is 31.0 Å². The van der Waals surface area contributed by atoms with Crippen molar-refractivity contribution in [2.24, 2.45) is 0 Å². The monoisotopic (exact) mass is 260 g/mol. The number of hydrogen-bond donors (Lipinski definition) is 0. The van der Waals surface area contributed by atoms with Gasteiger partial charge in [0.25, 0.3) is 0 Å². The third kappa shape index (κ3) is 7.02. The van der Waals surface area contributed by atoms with E-state index in [9.17, 15) is 0 Å². The Hall–Kier alpha value is 0.643. The second-order valence-corrected chi connectivity index (χ2v) is 6.60. The van der Waals surface area contributed by atoms with Gasteiger partial charge in [-0.1, -0.05) is 17.7 Å². The molecule has 0 bridgehead atoms. The first-order valence-electron chi connectivity index (χ1n) is 2.76. The van der Waals surface area contributed by atoms with Gasteiger partial charge in [-0.05, 0) is 18.6 Å². The first kappa shape index (κ1) is 11.6. The van der Waals surface area contributed by atoms with Crippen LogP contribution in [0.4, 0.5) is 0 Å². The van der Waals surface area contributed by atoms with Gasteiger partial charge >= 0.3 is 34.5 Å². The molecule has 0 aliphatic carbocycles. The molecule has 1 rings (SSSR count). The fraction of sp³-hybridized carbons (Fsp3) is 0. The molecule has 1 aromatic heterocycles. The number of pyridine rings is 1. The molecular formula is C6H5Cl3NZn. The van der Waals surface area contributed by atoms with Crippen LogP contribution in [0.25, 0.3) is 0 Å². The van der Waals surface area contributed by atoms with Gasteiger partial charge in [0.2, 0.25) is 0 Å². The van der Waals surface area contributed by atoms with Crippen LogP contribution in [-0.4, -0.2) is 4.98 Å². The van der Waals surface area contributed by atoms with Crippen LogP contribution in [0.3, 0.4) is 0 Å². The quantitative estimate of drug-likeness (QED) is 0.517. The Balaban J connectivity index is 0.000000292. The Morgan fingerprint density at radius 2 is 1.91 bits per heavy atom. The van der Waals surface area contributed by atoms with E-state index in [0.29, 0.717) is 5.15 Å². The fourth-order valence-corrected chi connectivity index (χ4v) is 0.518. The normalized spacial score (nSPS) is 7.64. The molecule has 0 N–H and O–H groups in total. The third-order valence-corrected chi connectivity index (χ3v) is 1.01. The molecule has 1 aromatic rings. The minimum atomic E-state index is -0.931. The molecule has 0 unspecified atom stereocenters. The summed E-state index contributed by atoms with van der Waals surface area (Å²) in [6.07, 6.45) is 1.63. The van der Waals surface area contributed by atoms with E-state index in [4.69, 9.17) is 31.0 Å². The number of hydrogen-bond acceptors (Lipinski definition) is 1. The first-order chi connectivity index (χ1) is 5.20. The van der Waals surface area contributed by atoms with E-state index in [1.165, 1.54) is 0 Å². The molecular weight excluding hydrogens is 258 g/mol. The van der Waals surface area contributed by atoms with Gasteiger partial charge in [0.1, 0.15) is 5.15 Å². The number of rotatable bonds is 0. The van der Waals surface area contributed by atoms with E-state index in [-0.39, 0.29) is 0 Å². The summed E-state index contributed by atoms with van der Waals surface area (Å²) in [5.74, 6) is 0. The average Bonchev–Trinajstić information content (AvgIpc) is 1.97.